The summed E-state index contributed by atoms with van der Waals surface area (Å²) < 4.78 is 7.60. The van der Waals surface area contributed by atoms with E-state index in [1.807, 2.05) is 42.9 Å². The summed E-state index contributed by atoms with van der Waals surface area (Å²) in [6.45, 7) is 0.855. The van der Waals surface area contributed by atoms with Crippen LogP contribution in [0.1, 0.15) is 11.6 Å². The molecular weight excluding hydrogens is 210 g/mol. The molecule has 2 atom stereocenters. The topological polar surface area (TPSA) is 39.1 Å². The largest absolute Gasteiger partial charge is 0.375 e. The van der Waals surface area contributed by atoms with Crippen LogP contribution in [0.4, 0.5) is 0 Å². The third-order valence-corrected chi connectivity index (χ3v) is 3.63. The van der Waals surface area contributed by atoms with Gasteiger partial charge in [0, 0.05) is 30.3 Å². The fraction of sp³-hybridized carbons (Fsp3) is 0.700. The van der Waals surface area contributed by atoms with Gasteiger partial charge in [-0.2, -0.15) is 16.9 Å². The molecule has 0 spiro atoms. The zero-order valence-electron chi connectivity index (χ0n) is 9.14. The highest BCUT2D eigenvalue weighted by atomic mass is 32.2. The molecule has 0 radical (unpaired) electrons. The van der Waals surface area contributed by atoms with E-state index in [1.165, 1.54) is 5.56 Å². The number of hydrogen-bond acceptors (Lipinski definition) is 4. The number of aromatic nitrogens is 2. The lowest BCUT2D eigenvalue weighted by Crippen LogP contribution is -2.36. The van der Waals surface area contributed by atoms with E-state index >= 15 is 0 Å². The Morgan fingerprint density at radius 1 is 1.73 bits per heavy atom. The van der Waals surface area contributed by atoms with E-state index in [0.717, 1.165) is 18.1 Å². The molecule has 0 aliphatic carbocycles. The third kappa shape index (κ3) is 2.53. The van der Waals surface area contributed by atoms with Crippen molar-refractivity contribution in [2.24, 2.45) is 7.05 Å². The van der Waals surface area contributed by atoms with Gasteiger partial charge in [-0.1, -0.05) is 0 Å². The first-order chi connectivity index (χ1) is 7.31. The summed E-state index contributed by atoms with van der Waals surface area (Å²) in [6.07, 6.45) is 4.21. The molecule has 0 saturated carbocycles. The first kappa shape index (κ1) is 11.0. The Hall–Kier alpha value is -0.520. The van der Waals surface area contributed by atoms with Crippen molar-refractivity contribution in [1.82, 2.24) is 15.1 Å². The maximum Gasteiger partial charge on any atom is 0.0861 e. The molecule has 0 amide bonds. The second-order valence-corrected chi connectivity index (χ2v) is 4.85. The minimum Gasteiger partial charge on any atom is -0.375 e. The van der Waals surface area contributed by atoms with Crippen molar-refractivity contribution in [3.05, 3.63) is 18.0 Å². The third-order valence-electron chi connectivity index (χ3n) is 2.61. The number of nitrogens with zero attached hydrogens (tertiary/aromatic N) is 2. The van der Waals surface area contributed by atoms with Crippen LogP contribution in [0.5, 0.6) is 0 Å². The lowest BCUT2D eigenvalue weighted by molar-refractivity contribution is 0.0488. The van der Waals surface area contributed by atoms with Crippen molar-refractivity contribution in [2.75, 3.05) is 25.2 Å². The molecule has 1 N–H and O–H groups in total. The standard InChI is InChI=1S/C10H17N3OS/c1-11-10(8-5-12-13(2)6-8)9-7-15-4-3-14-9/h5-6,9-11H,3-4,7H2,1-2H3. The molecule has 1 aliphatic rings. The number of nitrogens with one attached hydrogen (secondary N) is 1. The van der Waals surface area contributed by atoms with Gasteiger partial charge in [0.25, 0.3) is 0 Å². The minimum absolute atomic E-state index is 0.256. The molecule has 1 aromatic rings. The van der Waals surface area contributed by atoms with E-state index in [1.54, 1.807) is 0 Å². The molecule has 0 aromatic carbocycles. The summed E-state index contributed by atoms with van der Waals surface area (Å²) in [5.74, 6) is 2.17. The Balaban J connectivity index is 2.08. The molecule has 84 valence electrons. The van der Waals surface area contributed by atoms with Gasteiger partial charge in [0.05, 0.1) is 24.9 Å². The lowest BCUT2D eigenvalue weighted by Gasteiger charge is -2.29. The van der Waals surface area contributed by atoms with Crippen LogP contribution in [0, 0.1) is 0 Å². The van der Waals surface area contributed by atoms with Crippen LogP contribution in [0.25, 0.3) is 0 Å². The predicted molar refractivity (Wildman–Crippen MR) is 62.1 cm³/mol. The predicted octanol–water partition coefficient (Wildman–Crippen LogP) is 0.813. The normalized spacial score (nSPS) is 24.0. The fourth-order valence-corrected chi connectivity index (χ4v) is 2.77. The highest BCUT2D eigenvalue weighted by Crippen LogP contribution is 2.24. The molecule has 5 heteroatoms. The summed E-state index contributed by atoms with van der Waals surface area (Å²) in [6, 6.07) is 0.256. The van der Waals surface area contributed by atoms with Crippen molar-refractivity contribution in [1.29, 1.82) is 0 Å². The van der Waals surface area contributed by atoms with Gasteiger partial charge < -0.3 is 10.1 Å². The number of likely N-dealkylation sites (N-methyl/N-ethyl adjacent to an activating group) is 1. The summed E-state index contributed by atoms with van der Waals surface area (Å²) in [7, 11) is 3.91. The molecule has 1 saturated heterocycles. The van der Waals surface area contributed by atoms with Crippen molar-refractivity contribution < 1.29 is 4.74 Å². The maximum absolute atomic E-state index is 5.77. The van der Waals surface area contributed by atoms with Crippen molar-refractivity contribution in [3.63, 3.8) is 0 Å². The van der Waals surface area contributed by atoms with Gasteiger partial charge in [-0.25, -0.2) is 0 Å². The molecular formula is C10H17N3OS. The van der Waals surface area contributed by atoms with Crippen LogP contribution in [0.2, 0.25) is 0 Å². The summed E-state index contributed by atoms with van der Waals surface area (Å²) in [5.41, 5.74) is 1.20. The number of hydrogen-bond donors (Lipinski definition) is 1. The van der Waals surface area contributed by atoms with E-state index in [9.17, 15) is 0 Å². The zero-order valence-corrected chi connectivity index (χ0v) is 9.96. The first-order valence-corrected chi connectivity index (χ1v) is 6.32. The summed E-state index contributed by atoms with van der Waals surface area (Å²) in [5, 5.41) is 7.50. The Morgan fingerprint density at radius 2 is 2.60 bits per heavy atom. The van der Waals surface area contributed by atoms with Gasteiger partial charge in [0.2, 0.25) is 0 Å². The van der Waals surface area contributed by atoms with E-state index in [2.05, 4.69) is 10.4 Å². The maximum atomic E-state index is 5.77. The molecule has 2 unspecified atom stereocenters. The SMILES string of the molecule is CNC(c1cnn(C)c1)C1CSCCO1. The molecule has 0 bridgehead atoms. The van der Waals surface area contributed by atoms with Gasteiger partial charge in [-0.15, -0.1) is 0 Å². The van der Waals surface area contributed by atoms with Crippen LogP contribution < -0.4 is 5.32 Å². The minimum atomic E-state index is 0.256. The molecule has 2 heterocycles. The highest BCUT2D eigenvalue weighted by molar-refractivity contribution is 7.99. The van der Waals surface area contributed by atoms with E-state index in [-0.39, 0.29) is 12.1 Å². The Morgan fingerprint density at radius 3 is 3.13 bits per heavy atom. The van der Waals surface area contributed by atoms with Crippen molar-refractivity contribution in [3.8, 4) is 0 Å². The van der Waals surface area contributed by atoms with Gasteiger partial charge in [0.15, 0.2) is 0 Å². The number of rotatable bonds is 3. The van der Waals surface area contributed by atoms with E-state index in [0.29, 0.717) is 0 Å². The van der Waals surface area contributed by atoms with E-state index < -0.39 is 0 Å². The molecule has 15 heavy (non-hydrogen) atoms. The van der Waals surface area contributed by atoms with Crippen LogP contribution in [-0.4, -0.2) is 41.0 Å². The second-order valence-electron chi connectivity index (χ2n) is 3.70. The number of thioether (sulfide) groups is 1. The van der Waals surface area contributed by atoms with Gasteiger partial charge >= 0.3 is 0 Å². The molecule has 2 rings (SSSR count). The smallest absolute Gasteiger partial charge is 0.0861 e. The molecule has 1 aromatic heterocycles. The monoisotopic (exact) mass is 227 g/mol. The van der Waals surface area contributed by atoms with Crippen LogP contribution in [0.15, 0.2) is 12.4 Å². The van der Waals surface area contributed by atoms with Crippen LogP contribution >= 0.6 is 11.8 Å². The van der Waals surface area contributed by atoms with Crippen LogP contribution in [-0.2, 0) is 11.8 Å². The zero-order chi connectivity index (χ0) is 10.7. The summed E-state index contributed by atoms with van der Waals surface area (Å²) in [4.78, 5) is 0. The van der Waals surface area contributed by atoms with E-state index in [4.69, 9.17) is 4.74 Å². The Labute approximate surface area is 94.4 Å². The summed E-state index contributed by atoms with van der Waals surface area (Å²) >= 11 is 1.96. The van der Waals surface area contributed by atoms with Crippen molar-refractivity contribution in [2.45, 2.75) is 12.1 Å². The molecule has 4 nitrogen and oxygen atoms in total. The Kier molecular flexibility index (Phi) is 3.66. The number of aryl methyl sites for hydroxylation is 1. The van der Waals surface area contributed by atoms with Gasteiger partial charge in [-0.05, 0) is 7.05 Å². The lowest BCUT2D eigenvalue weighted by atomic mass is 10.1. The Bertz CT molecular complexity index is 309. The van der Waals surface area contributed by atoms with Gasteiger partial charge in [0.1, 0.15) is 0 Å². The average molecular weight is 227 g/mol. The average Bonchev–Trinajstić information content (AvgIpc) is 2.68. The highest BCUT2D eigenvalue weighted by Gasteiger charge is 2.25. The number of ether oxygens (including phenoxy) is 1. The molecule has 1 aliphatic heterocycles. The van der Waals surface area contributed by atoms with Crippen LogP contribution in [0.3, 0.4) is 0 Å². The second kappa shape index (κ2) is 5.01. The van der Waals surface area contributed by atoms with Crippen molar-refractivity contribution >= 4 is 11.8 Å². The first-order valence-electron chi connectivity index (χ1n) is 5.16. The quantitative estimate of drug-likeness (QED) is 0.829. The fourth-order valence-electron chi connectivity index (χ4n) is 1.87. The molecule has 1 fully saturated rings. The van der Waals surface area contributed by atoms with Gasteiger partial charge in [-0.3, -0.25) is 4.68 Å².